The van der Waals surface area contributed by atoms with Crippen LogP contribution in [0.25, 0.3) is 0 Å². The summed E-state index contributed by atoms with van der Waals surface area (Å²) >= 11 is 0. The van der Waals surface area contributed by atoms with Crippen molar-refractivity contribution in [3.8, 4) is 0 Å². The van der Waals surface area contributed by atoms with Gasteiger partial charge in [0.1, 0.15) is 11.6 Å². The lowest BCUT2D eigenvalue weighted by Gasteiger charge is -2.28. The highest BCUT2D eigenvalue weighted by molar-refractivity contribution is 6.07. The Balaban J connectivity index is 2.06. The number of nitrogens with one attached hydrogen (secondary N) is 1. The SMILES string of the molecule is CCn1c(=O)cc(N2CCc3ccc(F)cc3C2=O)[nH]c1=O. The van der Waals surface area contributed by atoms with Crippen molar-refractivity contribution in [3.05, 3.63) is 62.0 Å². The van der Waals surface area contributed by atoms with Crippen LogP contribution in [0.15, 0.2) is 33.9 Å². The van der Waals surface area contributed by atoms with E-state index < -0.39 is 23.0 Å². The van der Waals surface area contributed by atoms with Crippen LogP contribution in [0.2, 0.25) is 0 Å². The number of amides is 1. The molecular weight excluding hydrogens is 289 g/mol. The predicted molar refractivity (Wildman–Crippen MR) is 78.8 cm³/mol. The minimum atomic E-state index is -0.567. The molecule has 1 amide bonds. The number of carbonyl (C=O) groups is 1. The topological polar surface area (TPSA) is 75.2 Å². The zero-order valence-corrected chi connectivity index (χ0v) is 11.9. The molecule has 1 N–H and O–H groups in total. The number of carbonyl (C=O) groups excluding carboxylic acids is 1. The highest BCUT2D eigenvalue weighted by Gasteiger charge is 2.27. The number of rotatable bonds is 2. The van der Waals surface area contributed by atoms with Crippen molar-refractivity contribution in [1.82, 2.24) is 9.55 Å². The minimum Gasteiger partial charge on any atom is -0.294 e. The Bertz CT molecular complexity index is 838. The van der Waals surface area contributed by atoms with Gasteiger partial charge in [0.15, 0.2) is 0 Å². The number of fused-ring (bicyclic) bond motifs is 1. The van der Waals surface area contributed by atoms with E-state index in [2.05, 4.69) is 4.98 Å². The van der Waals surface area contributed by atoms with Crippen molar-refractivity contribution in [2.75, 3.05) is 11.4 Å². The molecule has 2 aromatic rings. The first kappa shape index (κ1) is 14.2. The summed E-state index contributed by atoms with van der Waals surface area (Å²) < 4.78 is 14.4. The summed E-state index contributed by atoms with van der Waals surface area (Å²) in [6.07, 6.45) is 0.528. The van der Waals surface area contributed by atoms with Crippen molar-refractivity contribution >= 4 is 11.7 Å². The Hall–Kier alpha value is -2.70. The number of aromatic nitrogens is 2. The van der Waals surface area contributed by atoms with Crippen LogP contribution in [0.1, 0.15) is 22.8 Å². The molecule has 0 saturated carbocycles. The fourth-order valence-electron chi connectivity index (χ4n) is 2.63. The Kier molecular flexibility index (Phi) is 3.40. The lowest BCUT2D eigenvalue weighted by molar-refractivity contribution is 0.0979. The fraction of sp³-hybridized carbons (Fsp3) is 0.267. The summed E-state index contributed by atoms with van der Waals surface area (Å²) in [6.45, 7) is 2.25. The number of H-pyrrole nitrogens is 1. The first-order valence-electron chi connectivity index (χ1n) is 6.95. The van der Waals surface area contributed by atoms with E-state index in [1.165, 1.54) is 23.1 Å². The highest BCUT2D eigenvalue weighted by atomic mass is 19.1. The van der Waals surface area contributed by atoms with Gasteiger partial charge in [0.2, 0.25) is 0 Å². The zero-order valence-electron chi connectivity index (χ0n) is 11.9. The molecule has 1 aromatic heterocycles. The summed E-state index contributed by atoms with van der Waals surface area (Å²) in [7, 11) is 0. The number of halogens is 1. The molecule has 1 aliphatic rings. The molecule has 0 atom stereocenters. The van der Waals surface area contributed by atoms with Gasteiger partial charge in [-0.05, 0) is 31.0 Å². The van der Waals surface area contributed by atoms with Gasteiger partial charge in [0, 0.05) is 24.7 Å². The molecule has 0 bridgehead atoms. The second kappa shape index (κ2) is 5.25. The van der Waals surface area contributed by atoms with Gasteiger partial charge in [0.05, 0.1) is 0 Å². The highest BCUT2D eigenvalue weighted by Crippen LogP contribution is 2.22. The van der Waals surface area contributed by atoms with E-state index in [1.807, 2.05) is 0 Å². The maximum absolute atomic E-state index is 13.3. The molecule has 0 fully saturated rings. The van der Waals surface area contributed by atoms with Gasteiger partial charge in [-0.2, -0.15) is 0 Å². The molecule has 0 spiro atoms. The molecule has 0 unspecified atom stereocenters. The first-order valence-corrected chi connectivity index (χ1v) is 6.95. The average molecular weight is 303 g/mol. The van der Waals surface area contributed by atoms with Crippen LogP contribution < -0.4 is 16.1 Å². The molecule has 0 aliphatic carbocycles. The number of nitrogens with zero attached hydrogens (tertiary/aromatic N) is 2. The van der Waals surface area contributed by atoms with Gasteiger partial charge in [-0.3, -0.25) is 24.0 Å². The van der Waals surface area contributed by atoms with Crippen molar-refractivity contribution in [2.24, 2.45) is 0 Å². The van der Waals surface area contributed by atoms with E-state index in [1.54, 1.807) is 13.0 Å². The molecule has 7 heteroatoms. The maximum atomic E-state index is 13.3. The molecule has 1 aliphatic heterocycles. The predicted octanol–water partition coefficient (Wildman–Crippen LogP) is 0.898. The number of hydrogen-bond acceptors (Lipinski definition) is 3. The van der Waals surface area contributed by atoms with E-state index in [9.17, 15) is 18.8 Å². The standard InChI is InChI=1S/C15H14FN3O3/c1-2-18-13(20)8-12(17-15(18)22)19-6-5-9-3-4-10(16)7-11(9)14(19)21/h3-4,7-8H,2,5-6H2,1H3,(H,17,22). The summed E-state index contributed by atoms with van der Waals surface area (Å²) in [5.74, 6) is -0.784. The van der Waals surface area contributed by atoms with Crippen molar-refractivity contribution in [3.63, 3.8) is 0 Å². The van der Waals surface area contributed by atoms with Crippen molar-refractivity contribution in [2.45, 2.75) is 19.9 Å². The normalized spacial score (nSPS) is 14.1. The average Bonchev–Trinajstić information content (AvgIpc) is 2.48. The number of benzene rings is 1. The van der Waals surface area contributed by atoms with Crippen LogP contribution in [0.5, 0.6) is 0 Å². The quantitative estimate of drug-likeness (QED) is 0.895. The molecule has 22 heavy (non-hydrogen) atoms. The third-order valence-electron chi connectivity index (χ3n) is 3.77. The maximum Gasteiger partial charge on any atom is 0.329 e. The summed E-state index contributed by atoms with van der Waals surface area (Å²) in [4.78, 5) is 40.0. The Morgan fingerprint density at radius 2 is 2.00 bits per heavy atom. The van der Waals surface area contributed by atoms with E-state index in [0.29, 0.717) is 13.0 Å². The van der Waals surface area contributed by atoms with Gasteiger partial charge in [-0.1, -0.05) is 6.07 Å². The number of hydrogen-bond donors (Lipinski definition) is 1. The van der Waals surface area contributed by atoms with Crippen LogP contribution in [0, 0.1) is 5.82 Å². The molecule has 0 radical (unpaired) electrons. The molecule has 114 valence electrons. The largest absolute Gasteiger partial charge is 0.329 e. The number of anilines is 1. The van der Waals surface area contributed by atoms with E-state index in [4.69, 9.17) is 0 Å². The fourth-order valence-corrected chi connectivity index (χ4v) is 2.63. The molecule has 1 aromatic carbocycles. The van der Waals surface area contributed by atoms with Crippen LogP contribution >= 0.6 is 0 Å². The lowest BCUT2D eigenvalue weighted by Crippen LogP contribution is -2.42. The van der Waals surface area contributed by atoms with Crippen molar-refractivity contribution in [1.29, 1.82) is 0 Å². The van der Waals surface area contributed by atoms with Gasteiger partial charge in [-0.15, -0.1) is 0 Å². The van der Waals surface area contributed by atoms with Gasteiger partial charge in [0.25, 0.3) is 11.5 Å². The number of aromatic amines is 1. The Labute approximate surface area is 124 Å². The van der Waals surface area contributed by atoms with Crippen LogP contribution in [-0.2, 0) is 13.0 Å². The van der Waals surface area contributed by atoms with Crippen molar-refractivity contribution < 1.29 is 9.18 Å². The summed E-state index contributed by atoms with van der Waals surface area (Å²) in [5, 5.41) is 0. The molecule has 6 nitrogen and oxygen atoms in total. The molecule has 0 saturated heterocycles. The van der Waals surface area contributed by atoms with Crippen LogP contribution in [0.4, 0.5) is 10.2 Å². The first-order chi connectivity index (χ1) is 10.5. The second-order valence-corrected chi connectivity index (χ2v) is 5.05. The Morgan fingerprint density at radius 1 is 1.23 bits per heavy atom. The van der Waals surface area contributed by atoms with Crippen LogP contribution in [-0.4, -0.2) is 22.0 Å². The zero-order chi connectivity index (χ0) is 15.9. The Morgan fingerprint density at radius 3 is 2.68 bits per heavy atom. The van der Waals surface area contributed by atoms with Gasteiger partial charge >= 0.3 is 5.69 Å². The second-order valence-electron chi connectivity index (χ2n) is 5.05. The van der Waals surface area contributed by atoms with Gasteiger partial charge < -0.3 is 0 Å². The smallest absolute Gasteiger partial charge is 0.294 e. The minimum absolute atomic E-state index is 0.139. The van der Waals surface area contributed by atoms with Crippen LogP contribution in [0.3, 0.4) is 0 Å². The van der Waals surface area contributed by atoms with E-state index in [-0.39, 0.29) is 17.9 Å². The summed E-state index contributed by atoms with van der Waals surface area (Å²) in [6, 6.07) is 5.28. The third kappa shape index (κ3) is 2.24. The van der Waals surface area contributed by atoms with E-state index in [0.717, 1.165) is 10.1 Å². The summed E-state index contributed by atoms with van der Waals surface area (Å²) in [5.41, 5.74) is -0.0272. The molecular formula is C15H14FN3O3. The van der Waals surface area contributed by atoms with E-state index >= 15 is 0 Å². The molecule has 3 rings (SSSR count). The lowest BCUT2D eigenvalue weighted by atomic mass is 9.99. The molecule has 2 heterocycles. The monoisotopic (exact) mass is 303 g/mol. The third-order valence-corrected chi connectivity index (χ3v) is 3.77. The van der Waals surface area contributed by atoms with Gasteiger partial charge in [-0.25, -0.2) is 9.18 Å².